The molecule has 0 bridgehead atoms. The summed E-state index contributed by atoms with van der Waals surface area (Å²) in [4.78, 5) is 4.15. The number of nitrogens with zero attached hydrogens (tertiary/aromatic N) is 2. The summed E-state index contributed by atoms with van der Waals surface area (Å²) >= 11 is 0. The van der Waals surface area contributed by atoms with Gasteiger partial charge in [-0.2, -0.15) is 4.98 Å². The molecule has 0 fully saturated rings. The molecule has 2 aromatic rings. The molecule has 0 aliphatic carbocycles. The highest BCUT2D eigenvalue weighted by Gasteiger charge is 2.16. The summed E-state index contributed by atoms with van der Waals surface area (Å²) in [5.41, 5.74) is 5.86. The van der Waals surface area contributed by atoms with E-state index in [4.69, 9.17) is 19.4 Å². The number of hydrogen-bond donors (Lipinski definition) is 1. The van der Waals surface area contributed by atoms with Gasteiger partial charge in [0.1, 0.15) is 0 Å². The lowest BCUT2D eigenvalue weighted by atomic mass is 10.3. The van der Waals surface area contributed by atoms with E-state index in [-0.39, 0.29) is 6.04 Å². The Labute approximate surface area is 98.7 Å². The van der Waals surface area contributed by atoms with Crippen LogP contribution in [0.3, 0.4) is 0 Å². The van der Waals surface area contributed by atoms with Crippen LogP contribution in [0.5, 0.6) is 0 Å². The fourth-order valence-corrected chi connectivity index (χ4v) is 1.31. The molecule has 6 nitrogen and oxygen atoms in total. The van der Waals surface area contributed by atoms with Gasteiger partial charge < -0.3 is 19.4 Å². The molecule has 2 N–H and O–H groups in total. The standard InChI is InChI=1S/C11H15N3O3/c1-2-5-15-7-8(12)10-13-11(17-14-10)9-4-3-6-16-9/h3-4,6,8H,2,5,7,12H2,1H3. The second kappa shape index (κ2) is 5.60. The van der Waals surface area contributed by atoms with Crippen LogP contribution in [0.2, 0.25) is 0 Å². The first kappa shape index (κ1) is 11.8. The lowest BCUT2D eigenvalue weighted by Crippen LogP contribution is -2.18. The van der Waals surface area contributed by atoms with Gasteiger partial charge in [0.2, 0.25) is 0 Å². The highest BCUT2D eigenvalue weighted by molar-refractivity contribution is 5.42. The first-order valence-electron chi connectivity index (χ1n) is 5.52. The molecule has 1 unspecified atom stereocenters. The maximum Gasteiger partial charge on any atom is 0.293 e. The van der Waals surface area contributed by atoms with Gasteiger partial charge in [-0.15, -0.1) is 0 Å². The molecule has 6 heteroatoms. The van der Waals surface area contributed by atoms with E-state index in [0.717, 1.165) is 6.42 Å². The van der Waals surface area contributed by atoms with Gasteiger partial charge in [-0.25, -0.2) is 0 Å². The molecule has 0 aliphatic heterocycles. The van der Waals surface area contributed by atoms with Crippen molar-refractivity contribution in [1.29, 1.82) is 0 Å². The molecular weight excluding hydrogens is 222 g/mol. The zero-order chi connectivity index (χ0) is 12.1. The minimum atomic E-state index is -0.381. The van der Waals surface area contributed by atoms with Gasteiger partial charge in [-0.05, 0) is 18.6 Å². The van der Waals surface area contributed by atoms with Crippen LogP contribution in [0.1, 0.15) is 25.2 Å². The van der Waals surface area contributed by atoms with Crippen LogP contribution in [-0.2, 0) is 4.74 Å². The van der Waals surface area contributed by atoms with Crippen molar-refractivity contribution < 1.29 is 13.7 Å². The molecule has 1 atom stereocenters. The quantitative estimate of drug-likeness (QED) is 0.770. The molecule has 2 heterocycles. The molecule has 0 radical (unpaired) electrons. The summed E-state index contributed by atoms with van der Waals surface area (Å²) in [7, 11) is 0. The third-order valence-electron chi connectivity index (χ3n) is 2.15. The van der Waals surface area contributed by atoms with Gasteiger partial charge in [-0.3, -0.25) is 0 Å². The average molecular weight is 237 g/mol. The van der Waals surface area contributed by atoms with E-state index in [1.54, 1.807) is 18.4 Å². The first-order valence-corrected chi connectivity index (χ1v) is 5.52. The monoisotopic (exact) mass is 237 g/mol. The van der Waals surface area contributed by atoms with E-state index in [1.807, 2.05) is 6.92 Å². The van der Waals surface area contributed by atoms with E-state index in [2.05, 4.69) is 10.1 Å². The maximum absolute atomic E-state index is 5.86. The molecule has 0 saturated heterocycles. The minimum Gasteiger partial charge on any atom is -0.459 e. The zero-order valence-corrected chi connectivity index (χ0v) is 9.63. The molecule has 92 valence electrons. The van der Waals surface area contributed by atoms with Crippen molar-refractivity contribution in [2.75, 3.05) is 13.2 Å². The molecule has 17 heavy (non-hydrogen) atoms. The maximum atomic E-state index is 5.86. The summed E-state index contributed by atoms with van der Waals surface area (Å²) in [5.74, 6) is 1.29. The Morgan fingerprint density at radius 1 is 1.53 bits per heavy atom. The van der Waals surface area contributed by atoms with Crippen molar-refractivity contribution in [1.82, 2.24) is 10.1 Å². The molecule has 0 spiro atoms. The van der Waals surface area contributed by atoms with Crippen molar-refractivity contribution in [3.8, 4) is 11.7 Å². The number of nitrogens with two attached hydrogens (primary N) is 1. The van der Waals surface area contributed by atoms with Gasteiger partial charge in [-0.1, -0.05) is 12.1 Å². The Morgan fingerprint density at radius 3 is 3.12 bits per heavy atom. The molecular formula is C11H15N3O3. The van der Waals surface area contributed by atoms with Crippen molar-refractivity contribution in [3.05, 3.63) is 24.2 Å². The van der Waals surface area contributed by atoms with Gasteiger partial charge >= 0.3 is 0 Å². The number of furan rings is 1. The van der Waals surface area contributed by atoms with E-state index < -0.39 is 0 Å². The third kappa shape index (κ3) is 2.92. The number of ether oxygens (including phenoxy) is 1. The van der Waals surface area contributed by atoms with E-state index in [1.165, 1.54) is 0 Å². The van der Waals surface area contributed by atoms with Crippen LogP contribution >= 0.6 is 0 Å². The van der Waals surface area contributed by atoms with Crippen molar-refractivity contribution in [3.63, 3.8) is 0 Å². The first-order chi connectivity index (χ1) is 8.31. The van der Waals surface area contributed by atoms with Crippen LogP contribution in [0, 0.1) is 0 Å². The molecule has 0 amide bonds. The Bertz CT molecular complexity index is 439. The van der Waals surface area contributed by atoms with Crippen LogP contribution in [0.15, 0.2) is 27.3 Å². The topological polar surface area (TPSA) is 87.3 Å². The second-order valence-corrected chi connectivity index (χ2v) is 3.62. The Morgan fingerprint density at radius 2 is 2.41 bits per heavy atom. The predicted molar refractivity (Wildman–Crippen MR) is 60.0 cm³/mol. The van der Waals surface area contributed by atoms with E-state index >= 15 is 0 Å². The van der Waals surface area contributed by atoms with Crippen LogP contribution < -0.4 is 5.73 Å². The van der Waals surface area contributed by atoms with Crippen LogP contribution in [0.25, 0.3) is 11.7 Å². The number of aromatic nitrogens is 2. The van der Waals surface area contributed by atoms with Gasteiger partial charge in [0.05, 0.1) is 18.9 Å². The SMILES string of the molecule is CCCOCC(N)c1noc(-c2ccco2)n1. The fraction of sp³-hybridized carbons (Fsp3) is 0.455. The van der Waals surface area contributed by atoms with Crippen molar-refractivity contribution in [2.24, 2.45) is 5.73 Å². The summed E-state index contributed by atoms with van der Waals surface area (Å²) in [6.45, 7) is 3.09. The van der Waals surface area contributed by atoms with Crippen LogP contribution in [0.4, 0.5) is 0 Å². The lowest BCUT2D eigenvalue weighted by Gasteiger charge is -2.06. The number of rotatable bonds is 6. The van der Waals surface area contributed by atoms with Crippen molar-refractivity contribution >= 4 is 0 Å². The molecule has 0 aliphatic rings. The summed E-state index contributed by atoms with van der Waals surface area (Å²) in [5, 5.41) is 3.80. The third-order valence-corrected chi connectivity index (χ3v) is 2.15. The molecule has 2 aromatic heterocycles. The minimum absolute atomic E-state index is 0.330. The average Bonchev–Trinajstić information content (AvgIpc) is 3.00. The highest BCUT2D eigenvalue weighted by atomic mass is 16.5. The summed E-state index contributed by atoms with van der Waals surface area (Å²) < 4.78 is 15.5. The van der Waals surface area contributed by atoms with Gasteiger partial charge in [0.25, 0.3) is 5.89 Å². The summed E-state index contributed by atoms with van der Waals surface area (Å²) in [6, 6.07) is 3.12. The molecule has 0 saturated carbocycles. The fourth-order valence-electron chi connectivity index (χ4n) is 1.31. The highest BCUT2D eigenvalue weighted by Crippen LogP contribution is 2.18. The molecule has 2 rings (SSSR count). The second-order valence-electron chi connectivity index (χ2n) is 3.62. The smallest absolute Gasteiger partial charge is 0.293 e. The lowest BCUT2D eigenvalue weighted by molar-refractivity contribution is 0.119. The van der Waals surface area contributed by atoms with E-state index in [0.29, 0.717) is 30.7 Å². The Hall–Kier alpha value is -1.66. The summed E-state index contributed by atoms with van der Waals surface area (Å²) in [6.07, 6.45) is 2.50. The van der Waals surface area contributed by atoms with E-state index in [9.17, 15) is 0 Å². The molecule has 0 aromatic carbocycles. The predicted octanol–water partition coefficient (Wildman–Crippen LogP) is 1.76. The largest absolute Gasteiger partial charge is 0.459 e. The van der Waals surface area contributed by atoms with Crippen molar-refractivity contribution in [2.45, 2.75) is 19.4 Å². The van der Waals surface area contributed by atoms with Gasteiger partial charge in [0, 0.05) is 6.61 Å². The Kier molecular flexibility index (Phi) is 3.89. The number of hydrogen-bond acceptors (Lipinski definition) is 6. The van der Waals surface area contributed by atoms with Crippen LogP contribution in [-0.4, -0.2) is 23.4 Å². The van der Waals surface area contributed by atoms with Gasteiger partial charge in [0.15, 0.2) is 11.6 Å². The normalized spacial score (nSPS) is 12.8. The Balaban J connectivity index is 1.98. The zero-order valence-electron chi connectivity index (χ0n) is 9.63.